The summed E-state index contributed by atoms with van der Waals surface area (Å²) in [6.45, 7) is 0. The van der Waals surface area contributed by atoms with Crippen molar-refractivity contribution in [3.8, 4) is 0 Å². The highest BCUT2D eigenvalue weighted by Gasteiger charge is 2.32. The second-order valence-electron chi connectivity index (χ2n) is 5.08. The molecular weight excluding hydrogens is 363 g/mol. The van der Waals surface area contributed by atoms with E-state index in [4.69, 9.17) is 23.2 Å². The number of halogens is 2. The third kappa shape index (κ3) is 5.23. The molecule has 1 heterocycles. The molecule has 6 nitrogen and oxygen atoms in total. The smallest absolute Gasteiger partial charge is 0.262 e. The van der Waals surface area contributed by atoms with Gasteiger partial charge in [-0.1, -0.05) is 29.3 Å². The van der Waals surface area contributed by atoms with Crippen LogP contribution in [0, 0.1) is 5.92 Å². The van der Waals surface area contributed by atoms with Crippen LogP contribution in [0.4, 0.5) is 0 Å². The molecule has 2 amide bonds. The summed E-state index contributed by atoms with van der Waals surface area (Å²) in [5.41, 5.74) is 5.01. The Hall–Kier alpha value is -1.57. The summed E-state index contributed by atoms with van der Waals surface area (Å²) < 4.78 is 22.6. The first-order valence-electron chi connectivity index (χ1n) is 6.70. The molecule has 0 unspecified atom stereocenters. The zero-order valence-electron chi connectivity index (χ0n) is 11.9. The Bertz CT molecular complexity index is 762. The topological polar surface area (TPSA) is 92.3 Å². The van der Waals surface area contributed by atoms with Crippen LogP contribution in [0.25, 0.3) is 6.08 Å². The Balaban J connectivity index is 1.85. The minimum Gasteiger partial charge on any atom is -0.273 e. The van der Waals surface area contributed by atoms with Crippen LogP contribution in [0.1, 0.15) is 12.0 Å². The maximum atomic E-state index is 11.8. The number of amides is 2. The van der Waals surface area contributed by atoms with E-state index in [1.807, 2.05) is 0 Å². The molecule has 124 valence electrons. The Labute approximate surface area is 143 Å². The second-order valence-corrected chi connectivity index (χ2v) is 8.15. The number of hydrazine groups is 1. The number of rotatable bonds is 3. The first-order chi connectivity index (χ1) is 10.8. The average molecular weight is 377 g/mol. The number of carbonyl (C=O) groups excluding carboxylic acids is 2. The van der Waals surface area contributed by atoms with Crippen LogP contribution >= 0.6 is 23.2 Å². The number of benzene rings is 1. The quantitative estimate of drug-likeness (QED) is 0.618. The molecular formula is C14H14Cl2N2O4S. The van der Waals surface area contributed by atoms with E-state index in [0.29, 0.717) is 15.6 Å². The molecule has 0 spiro atoms. The molecule has 9 heteroatoms. The van der Waals surface area contributed by atoms with Crippen molar-refractivity contribution in [2.24, 2.45) is 5.92 Å². The number of nitrogens with one attached hydrogen (secondary N) is 2. The van der Waals surface area contributed by atoms with Gasteiger partial charge in [0.1, 0.15) is 0 Å². The monoisotopic (exact) mass is 376 g/mol. The molecule has 1 aliphatic rings. The number of sulfone groups is 1. The normalized spacial score (nSPS) is 19.7. The van der Waals surface area contributed by atoms with Crippen LogP contribution in [0.3, 0.4) is 0 Å². The molecule has 0 aromatic heterocycles. The van der Waals surface area contributed by atoms with Gasteiger partial charge in [-0.05, 0) is 30.2 Å². The largest absolute Gasteiger partial charge is 0.273 e. The summed E-state index contributed by atoms with van der Waals surface area (Å²) in [4.78, 5) is 23.4. The van der Waals surface area contributed by atoms with E-state index in [9.17, 15) is 18.0 Å². The van der Waals surface area contributed by atoms with Gasteiger partial charge in [-0.25, -0.2) is 8.42 Å². The van der Waals surface area contributed by atoms with Gasteiger partial charge in [-0.15, -0.1) is 0 Å². The van der Waals surface area contributed by atoms with Crippen LogP contribution < -0.4 is 10.9 Å². The van der Waals surface area contributed by atoms with Crippen molar-refractivity contribution in [3.63, 3.8) is 0 Å². The molecule has 23 heavy (non-hydrogen) atoms. The lowest BCUT2D eigenvalue weighted by Crippen LogP contribution is -2.44. The summed E-state index contributed by atoms with van der Waals surface area (Å²) in [7, 11) is -3.15. The van der Waals surface area contributed by atoms with E-state index < -0.39 is 27.6 Å². The number of carbonyl (C=O) groups is 2. The zero-order chi connectivity index (χ0) is 17.0. The Morgan fingerprint density at radius 2 is 1.96 bits per heavy atom. The minimum atomic E-state index is -3.15. The van der Waals surface area contributed by atoms with Gasteiger partial charge < -0.3 is 0 Å². The predicted molar refractivity (Wildman–Crippen MR) is 88.5 cm³/mol. The molecule has 2 rings (SSSR count). The van der Waals surface area contributed by atoms with E-state index in [-0.39, 0.29) is 17.9 Å². The second kappa shape index (κ2) is 7.33. The van der Waals surface area contributed by atoms with Crippen LogP contribution in [0.15, 0.2) is 24.3 Å². The molecule has 1 fully saturated rings. The molecule has 0 radical (unpaired) electrons. The Kier molecular flexibility index (Phi) is 5.67. The van der Waals surface area contributed by atoms with E-state index in [0.717, 1.165) is 0 Å². The molecule has 1 saturated heterocycles. The van der Waals surface area contributed by atoms with E-state index in [1.54, 1.807) is 18.2 Å². The van der Waals surface area contributed by atoms with E-state index >= 15 is 0 Å². The third-order valence-corrected chi connectivity index (χ3v) is 5.62. The minimum absolute atomic E-state index is 0.00595. The van der Waals surface area contributed by atoms with Gasteiger partial charge in [0, 0.05) is 16.1 Å². The molecule has 1 aliphatic heterocycles. The summed E-state index contributed by atoms with van der Waals surface area (Å²) in [6.07, 6.45) is 2.93. The number of hydrogen-bond donors (Lipinski definition) is 2. The lowest BCUT2D eigenvalue weighted by Gasteiger charge is -2.09. The van der Waals surface area contributed by atoms with Crippen molar-refractivity contribution in [1.82, 2.24) is 10.9 Å². The van der Waals surface area contributed by atoms with Crippen molar-refractivity contribution in [1.29, 1.82) is 0 Å². The molecule has 0 bridgehead atoms. The van der Waals surface area contributed by atoms with Crippen molar-refractivity contribution in [3.05, 3.63) is 39.9 Å². The lowest BCUT2D eigenvalue weighted by molar-refractivity contribution is -0.129. The maximum absolute atomic E-state index is 11.8. The highest BCUT2D eigenvalue weighted by Crippen LogP contribution is 2.22. The molecule has 1 aromatic rings. The van der Waals surface area contributed by atoms with Crippen molar-refractivity contribution < 1.29 is 18.0 Å². The van der Waals surface area contributed by atoms with Crippen molar-refractivity contribution in [2.75, 3.05) is 11.5 Å². The lowest BCUT2D eigenvalue weighted by atomic mass is 10.1. The van der Waals surface area contributed by atoms with E-state index in [2.05, 4.69) is 10.9 Å². The first kappa shape index (κ1) is 17.8. The molecule has 2 N–H and O–H groups in total. The van der Waals surface area contributed by atoms with Crippen LogP contribution in [-0.4, -0.2) is 31.7 Å². The average Bonchev–Trinajstić information content (AvgIpc) is 2.84. The molecule has 0 aliphatic carbocycles. The van der Waals surface area contributed by atoms with Gasteiger partial charge in [0.25, 0.3) is 5.91 Å². The summed E-state index contributed by atoms with van der Waals surface area (Å²) in [5, 5.41) is 0.872. The summed E-state index contributed by atoms with van der Waals surface area (Å²) in [6, 6.07) is 4.83. The van der Waals surface area contributed by atoms with Gasteiger partial charge >= 0.3 is 0 Å². The van der Waals surface area contributed by atoms with Crippen molar-refractivity contribution >= 4 is 50.9 Å². The highest BCUT2D eigenvalue weighted by atomic mass is 35.5. The summed E-state index contributed by atoms with van der Waals surface area (Å²) >= 11 is 11.7. The Morgan fingerprint density at radius 1 is 1.22 bits per heavy atom. The third-order valence-electron chi connectivity index (χ3n) is 3.29. The molecule has 1 aromatic carbocycles. The van der Waals surface area contributed by atoms with Gasteiger partial charge in [0.15, 0.2) is 9.84 Å². The van der Waals surface area contributed by atoms with Gasteiger partial charge in [-0.3, -0.25) is 20.4 Å². The Morgan fingerprint density at radius 3 is 2.57 bits per heavy atom. The van der Waals surface area contributed by atoms with Crippen LogP contribution in [-0.2, 0) is 19.4 Å². The van der Waals surface area contributed by atoms with Crippen molar-refractivity contribution in [2.45, 2.75) is 6.42 Å². The number of hydrogen-bond acceptors (Lipinski definition) is 4. The standard InChI is InChI=1S/C14H14Cl2N2O4S/c15-11-3-1-9(12(16)7-11)2-4-13(19)17-18-14(20)10-5-6-23(21,22)8-10/h1-4,7,10H,5-6,8H2,(H,17,19)(H,18,20)/b4-2+/t10-/m0/s1. The van der Waals surface area contributed by atoms with Gasteiger partial charge in [0.05, 0.1) is 17.4 Å². The fourth-order valence-corrected chi connectivity index (χ4v) is 4.28. The maximum Gasteiger partial charge on any atom is 0.262 e. The molecule has 0 saturated carbocycles. The van der Waals surface area contributed by atoms with Crippen LogP contribution in [0.2, 0.25) is 10.0 Å². The molecule has 1 atom stereocenters. The highest BCUT2D eigenvalue weighted by molar-refractivity contribution is 7.91. The fourth-order valence-electron chi connectivity index (χ4n) is 2.07. The van der Waals surface area contributed by atoms with Gasteiger partial charge in [0.2, 0.25) is 5.91 Å². The summed E-state index contributed by atoms with van der Waals surface area (Å²) in [5.74, 6) is -1.91. The van der Waals surface area contributed by atoms with Crippen LogP contribution in [0.5, 0.6) is 0 Å². The first-order valence-corrected chi connectivity index (χ1v) is 9.28. The van der Waals surface area contributed by atoms with E-state index in [1.165, 1.54) is 12.2 Å². The van der Waals surface area contributed by atoms with Gasteiger partial charge in [-0.2, -0.15) is 0 Å². The zero-order valence-corrected chi connectivity index (χ0v) is 14.2. The predicted octanol–water partition coefficient (Wildman–Crippen LogP) is 1.59. The SMILES string of the molecule is O=C(/C=C/c1ccc(Cl)cc1Cl)NNC(=O)[C@H]1CCS(=O)(=O)C1. The fraction of sp³-hybridized carbons (Fsp3) is 0.286.